The summed E-state index contributed by atoms with van der Waals surface area (Å²) in [6.45, 7) is 7.60. The number of rotatable bonds is 4. The van der Waals surface area contributed by atoms with Gasteiger partial charge in [0, 0.05) is 37.8 Å². The molecule has 3 nitrogen and oxygen atoms in total. The number of nitrogens with one attached hydrogen (secondary N) is 1. The molecule has 0 bridgehead atoms. The van der Waals surface area contributed by atoms with E-state index in [1.807, 2.05) is 12.1 Å². The van der Waals surface area contributed by atoms with Gasteiger partial charge in [0.05, 0.1) is 5.02 Å². The highest BCUT2D eigenvalue weighted by molar-refractivity contribution is 6.43. The van der Waals surface area contributed by atoms with Gasteiger partial charge in [0.1, 0.15) is 10.8 Å². The largest absolute Gasteiger partial charge is 0.506 e. The summed E-state index contributed by atoms with van der Waals surface area (Å²) in [4.78, 5) is 2.33. The van der Waals surface area contributed by atoms with Gasteiger partial charge in [-0.3, -0.25) is 4.90 Å². The van der Waals surface area contributed by atoms with Gasteiger partial charge in [-0.2, -0.15) is 0 Å². The Kier molecular flexibility index (Phi) is 9.70. The highest BCUT2D eigenvalue weighted by atomic mass is 35.5. The molecule has 0 spiro atoms. The van der Waals surface area contributed by atoms with Crippen LogP contribution in [0.2, 0.25) is 10.0 Å². The maximum Gasteiger partial charge on any atom is 0.140 e. The van der Waals surface area contributed by atoms with Crippen molar-refractivity contribution in [2.75, 3.05) is 26.2 Å². The van der Waals surface area contributed by atoms with Crippen LogP contribution in [0.3, 0.4) is 0 Å². The van der Waals surface area contributed by atoms with Crippen LogP contribution < -0.4 is 5.32 Å². The van der Waals surface area contributed by atoms with E-state index >= 15 is 0 Å². The first-order valence-corrected chi connectivity index (χ1v) is 7.13. The van der Waals surface area contributed by atoms with Crippen LogP contribution in [0.4, 0.5) is 0 Å². The summed E-state index contributed by atoms with van der Waals surface area (Å²) in [5.41, 5.74) is 0.816. The molecule has 0 saturated carbocycles. The van der Waals surface area contributed by atoms with Crippen molar-refractivity contribution in [1.29, 1.82) is 0 Å². The quantitative estimate of drug-likeness (QED) is 0.781. The van der Waals surface area contributed by atoms with Gasteiger partial charge in [-0.15, -0.1) is 31.4 Å². The Hall–Kier alpha value is -0.160. The molecule has 1 aliphatic heterocycles. The molecular formula is C14H20Cl4N2O. The minimum absolute atomic E-state index is 0. The predicted molar refractivity (Wildman–Crippen MR) is 94.6 cm³/mol. The molecule has 0 amide bonds. The lowest BCUT2D eigenvalue weighted by molar-refractivity contribution is 0.172. The highest BCUT2D eigenvalue weighted by Crippen LogP contribution is 2.39. The first-order chi connectivity index (χ1) is 9.15. The Balaban J connectivity index is 0.00000200. The molecule has 1 aliphatic rings. The van der Waals surface area contributed by atoms with E-state index < -0.39 is 0 Å². The van der Waals surface area contributed by atoms with Gasteiger partial charge < -0.3 is 10.4 Å². The van der Waals surface area contributed by atoms with Crippen LogP contribution in [0.25, 0.3) is 0 Å². The Morgan fingerprint density at radius 1 is 1.29 bits per heavy atom. The number of nitrogens with zero attached hydrogens (tertiary/aromatic N) is 1. The van der Waals surface area contributed by atoms with Crippen LogP contribution in [0, 0.1) is 0 Å². The number of phenols is 1. The van der Waals surface area contributed by atoms with Crippen LogP contribution >= 0.6 is 48.0 Å². The topological polar surface area (TPSA) is 35.5 Å². The Labute approximate surface area is 148 Å². The van der Waals surface area contributed by atoms with Crippen LogP contribution in [-0.2, 0) is 0 Å². The van der Waals surface area contributed by atoms with Crippen LogP contribution in [0.1, 0.15) is 18.0 Å². The minimum Gasteiger partial charge on any atom is -0.506 e. The summed E-state index contributed by atoms with van der Waals surface area (Å²) in [5.74, 6) is 0.0829. The highest BCUT2D eigenvalue weighted by Gasteiger charge is 2.24. The van der Waals surface area contributed by atoms with Gasteiger partial charge in [-0.25, -0.2) is 0 Å². The molecule has 21 heavy (non-hydrogen) atoms. The summed E-state index contributed by atoms with van der Waals surface area (Å²) >= 11 is 11.9. The van der Waals surface area contributed by atoms with Crippen molar-refractivity contribution in [3.05, 3.63) is 40.4 Å². The summed E-state index contributed by atoms with van der Waals surface area (Å²) in [5, 5.41) is 14.1. The van der Waals surface area contributed by atoms with Crippen molar-refractivity contribution in [2.24, 2.45) is 0 Å². The summed E-state index contributed by atoms with van der Waals surface area (Å²) in [6, 6.07) is 3.67. The zero-order valence-corrected chi connectivity index (χ0v) is 14.7. The van der Waals surface area contributed by atoms with Gasteiger partial charge in [0.15, 0.2) is 0 Å². The monoisotopic (exact) mass is 372 g/mol. The molecule has 1 heterocycles. The van der Waals surface area contributed by atoms with Crippen molar-refractivity contribution < 1.29 is 5.11 Å². The number of hydrogen-bond acceptors (Lipinski definition) is 3. The molecule has 7 heteroatoms. The van der Waals surface area contributed by atoms with Crippen molar-refractivity contribution in [3.8, 4) is 5.75 Å². The van der Waals surface area contributed by atoms with Crippen LogP contribution in [-0.4, -0.2) is 36.2 Å². The lowest BCUT2D eigenvalue weighted by atomic mass is 10.00. The number of hydrogen-bond donors (Lipinski definition) is 2. The second kappa shape index (κ2) is 9.78. The Bertz CT molecular complexity index is 465. The summed E-state index contributed by atoms with van der Waals surface area (Å²) in [7, 11) is 0. The summed E-state index contributed by atoms with van der Waals surface area (Å²) in [6.07, 6.45) is 2.64. The molecule has 2 N–H and O–H groups in total. The normalized spacial score (nSPS) is 16.5. The molecule has 0 unspecified atom stereocenters. The number of aromatic hydroxyl groups is 1. The maximum atomic E-state index is 10.2. The smallest absolute Gasteiger partial charge is 0.140 e. The molecule has 1 atom stereocenters. The fourth-order valence-corrected chi connectivity index (χ4v) is 2.77. The second-order valence-electron chi connectivity index (χ2n) is 4.63. The van der Waals surface area contributed by atoms with E-state index in [0.717, 1.165) is 38.2 Å². The number of phenolic OH excluding ortho intramolecular Hbond substituents is 1. The fourth-order valence-electron chi connectivity index (χ4n) is 2.45. The Morgan fingerprint density at radius 2 is 1.90 bits per heavy atom. The van der Waals surface area contributed by atoms with E-state index in [2.05, 4.69) is 16.8 Å². The van der Waals surface area contributed by atoms with Gasteiger partial charge >= 0.3 is 0 Å². The average Bonchev–Trinajstić information content (AvgIpc) is 2.44. The lowest BCUT2D eigenvalue weighted by Gasteiger charge is -2.35. The van der Waals surface area contributed by atoms with Gasteiger partial charge in [-0.05, 0) is 12.5 Å². The van der Waals surface area contributed by atoms with Crippen molar-refractivity contribution >= 4 is 48.0 Å². The third kappa shape index (κ3) is 4.92. The molecule has 0 aromatic heterocycles. The van der Waals surface area contributed by atoms with Gasteiger partial charge in [0.25, 0.3) is 0 Å². The van der Waals surface area contributed by atoms with Crippen molar-refractivity contribution in [2.45, 2.75) is 12.5 Å². The number of piperazine rings is 1. The molecule has 0 aliphatic carbocycles. The second-order valence-corrected chi connectivity index (χ2v) is 5.41. The minimum atomic E-state index is 0. The first kappa shape index (κ1) is 20.8. The van der Waals surface area contributed by atoms with E-state index in [9.17, 15) is 5.11 Å². The van der Waals surface area contributed by atoms with E-state index in [0.29, 0.717) is 5.02 Å². The van der Waals surface area contributed by atoms with E-state index in [-0.39, 0.29) is 41.6 Å². The van der Waals surface area contributed by atoms with E-state index in [1.165, 1.54) is 0 Å². The van der Waals surface area contributed by atoms with E-state index in [4.69, 9.17) is 23.2 Å². The van der Waals surface area contributed by atoms with Gasteiger partial charge in [-0.1, -0.05) is 35.3 Å². The van der Waals surface area contributed by atoms with Crippen LogP contribution in [0.15, 0.2) is 24.8 Å². The summed E-state index contributed by atoms with van der Waals surface area (Å²) < 4.78 is 0. The van der Waals surface area contributed by atoms with Crippen LogP contribution in [0.5, 0.6) is 5.75 Å². The molecule has 1 aromatic carbocycles. The van der Waals surface area contributed by atoms with Crippen molar-refractivity contribution in [1.82, 2.24) is 10.2 Å². The zero-order valence-electron chi connectivity index (χ0n) is 11.5. The third-order valence-electron chi connectivity index (χ3n) is 3.44. The molecule has 1 aromatic rings. The maximum absolute atomic E-state index is 10.2. The lowest BCUT2D eigenvalue weighted by Crippen LogP contribution is -2.45. The number of halogens is 4. The van der Waals surface area contributed by atoms with Gasteiger partial charge in [0.2, 0.25) is 0 Å². The fraction of sp³-hybridized carbons (Fsp3) is 0.429. The molecular weight excluding hydrogens is 354 g/mol. The third-order valence-corrected chi connectivity index (χ3v) is 4.24. The molecule has 2 rings (SSSR count). The van der Waals surface area contributed by atoms with E-state index in [1.54, 1.807) is 6.07 Å². The Morgan fingerprint density at radius 3 is 2.48 bits per heavy atom. The molecule has 120 valence electrons. The SMILES string of the molecule is C=CC[C@H](c1ccc(Cl)c(Cl)c1O)N1CCNCC1.Cl.Cl. The zero-order chi connectivity index (χ0) is 13.8. The average molecular weight is 374 g/mol. The first-order valence-electron chi connectivity index (χ1n) is 6.37. The molecule has 1 fully saturated rings. The predicted octanol–water partition coefficient (Wildman–Crippen LogP) is 4.07. The molecule has 1 saturated heterocycles. The number of benzene rings is 1. The standard InChI is InChI=1S/C14H18Cl2N2O.2ClH/c1-2-3-12(18-8-6-17-7-9-18)10-4-5-11(15)13(16)14(10)19;;/h2,4-5,12,17,19H,1,3,6-9H2;2*1H/t12-;;/m1../s1. The molecule has 0 radical (unpaired) electrons. The van der Waals surface area contributed by atoms with Crippen molar-refractivity contribution in [3.63, 3.8) is 0 Å².